The van der Waals surface area contributed by atoms with Gasteiger partial charge in [0.25, 0.3) is 0 Å². The lowest BCUT2D eigenvalue weighted by Gasteiger charge is -2.04. The van der Waals surface area contributed by atoms with Crippen molar-refractivity contribution >= 4 is 5.82 Å². The Morgan fingerprint density at radius 2 is 2.24 bits per heavy atom. The van der Waals surface area contributed by atoms with Crippen LogP contribution in [0, 0.1) is 0 Å². The van der Waals surface area contributed by atoms with Gasteiger partial charge in [0.2, 0.25) is 5.88 Å². The van der Waals surface area contributed by atoms with Gasteiger partial charge in [-0.3, -0.25) is 4.68 Å². The maximum atomic E-state index is 5.62. The molecule has 2 N–H and O–H groups in total. The number of aryl methyl sites for hydroxylation is 1. The van der Waals surface area contributed by atoms with Crippen molar-refractivity contribution in [1.29, 1.82) is 0 Å². The first-order valence-corrected chi connectivity index (χ1v) is 4.83. The Labute approximate surface area is 97.4 Å². The molecule has 2 aromatic heterocycles. The van der Waals surface area contributed by atoms with Gasteiger partial charge >= 0.3 is 6.01 Å². The number of nitrogens with two attached hydrogens (primary N) is 1. The average molecular weight is 236 g/mol. The van der Waals surface area contributed by atoms with Gasteiger partial charge in [-0.05, 0) is 0 Å². The molecule has 0 aliphatic rings. The monoisotopic (exact) mass is 236 g/mol. The molecule has 0 atom stereocenters. The Bertz CT molecular complexity index is 512. The zero-order chi connectivity index (χ0) is 12.3. The Morgan fingerprint density at radius 1 is 1.41 bits per heavy atom. The van der Waals surface area contributed by atoms with Gasteiger partial charge in [0, 0.05) is 20.2 Å². The normalized spacial score (nSPS) is 10.5. The van der Waals surface area contributed by atoms with Crippen LogP contribution in [0.5, 0.6) is 11.9 Å². The number of ether oxygens (including phenoxy) is 2. The molecule has 0 spiro atoms. The van der Waals surface area contributed by atoms with E-state index in [1.165, 1.54) is 17.1 Å². The summed E-state index contributed by atoms with van der Waals surface area (Å²) in [6.45, 7) is 0.261. The van der Waals surface area contributed by atoms with Crippen LogP contribution in [0.4, 0.5) is 5.82 Å². The van der Waals surface area contributed by atoms with Crippen molar-refractivity contribution in [2.75, 3.05) is 12.8 Å². The summed E-state index contributed by atoms with van der Waals surface area (Å²) in [5, 5.41) is 3.96. The van der Waals surface area contributed by atoms with Crippen molar-refractivity contribution in [3.05, 3.63) is 18.2 Å². The number of nitrogen functional groups attached to an aromatic ring is 1. The smallest absolute Gasteiger partial charge is 0.342 e. The van der Waals surface area contributed by atoms with Gasteiger partial charge in [-0.25, -0.2) is 4.98 Å². The summed E-state index contributed by atoms with van der Waals surface area (Å²) >= 11 is 0. The van der Waals surface area contributed by atoms with Crippen molar-refractivity contribution in [3.63, 3.8) is 0 Å². The van der Waals surface area contributed by atoms with E-state index in [0.717, 1.165) is 0 Å². The predicted molar refractivity (Wildman–Crippen MR) is 58.2 cm³/mol. The van der Waals surface area contributed by atoms with Gasteiger partial charge in [-0.1, -0.05) is 0 Å². The van der Waals surface area contributed by atoms with E-state index >= 15 is 0 Å². The molecule has 0 saturated heterocycles. The standard InChI is InChI=1S/C9H12N6O2/c1-15-5-11-9(14-15)17-8-3-6(10)12-7(13-8)4-16-2/h3,5H,4H2,1-2H3,(H2,10,12,13). The molecule has 2 rings (SSSR count). The predicted octanol–water partition coefficient (Wildman–Crippen LogP) is 0.126. The van der Waals surface area contributed by atoms with Crippen LogP contribution in [0.1, 0.15) is 5.82 Å². The molecule has 90 valence electrons. The average Bonchev–Trinajstić information content (AvgIpc) is 2.63. The highest BCUT2D eigenvalue weighted by Gasteiger charge is 2.07. The molecule has 8 nitrogen and oxygen atoms in total. The van der Waals surface area contributed by atoms with E-state index in [1.54, 1.807) is 14.2 Å². The third-order valence-corrected chi connectivity index (χ3v) is 1.82. The van der Waals surface area contributed by atoms with Crippen LogP contribution in [-0.2, 0) is 18.4 Å². The summed E-state index contributed by atoms with van der Waals surface area (Å²) in [7, 11) is 3.29. The van der Waals surface area contributed by atoms with Gasteiger partial charge in [0.1, 0.15) is 18.8 Å². The minimum absolute atomic E-state index is 0.203. The first kappa shape index (κ1) is 11.3. The van der Waals surface area contributed by atoms with E-state index in [9.17, 15) is 0 Å². The summed E-state index contributed by atoms with van der Waals surface area (Å²) in [6.07, 6.45) is 1.52. The second-order valence-corrected chi connectivity index (χ2v) is 3.28. The van der Waals surface area contributed by atoms with Crippen LogP contribution in [0.25, 0.3) is 0 Å². The van der Waals surface area contributed by atoms with Crippen molar-refractivity contribution in [3.8, 4) is 11.9 Å². The number of aromatic nitrogens is 5. The molecule has 0 radical (unpaired) electrons. The first-order chi connectivity index (χ1) is 8.17. The molecule has 17 heavy (non-hydrogen) atoms. The van der Waals surface area contributed by atoms with E-state index in [2.05, 4.69) is 20.1 Å². The van der Waals surface area contributed by atoms with Crippen molar-refractivity contribution in [2.24, 2.45) is 7.05 Å². The molecule has 2 heterocycles. The van der Waals surface area contributed by atoms with Crippen molar-refractivity contribution < 1.29 is 9.47 Å². The largest absolute Gasteiger partial charge is 0.404 e. The van der Waals surface area contributed by atoms with E-state index in [0.29, 0.717) is 11.6 Å². The van der Waals surface area contributed by atoms with Crippen LogP contribution >= 0.6 is 0 Å². The van der Waals surface area contributed by atoms with Gasteiger partial charge in [0.15, 0.2) is 5.82 Å². The van der Waals surface area contributed by atoms with Crippen LogP contribution < -0.4 is 10.5 Å². The molecule has 0 unspecified atom stereocenters. The molecule has 2 aromatic rings. The zero-order valence-electron chi connectivity index (χ0n) is 9.49. The van der Waals surface area contributed by atoms with Crippen molar-refractivity contribution in [1.82, 2.24) is 24.7 Å². The highest BCUT2D eigenvalue weighted by Crippen LogP contribution is 2.16. The van der Waals surface area contributed by atoms with Gasteiger partial charge < -0.3 is 15.2 Å². The Morgan fingerprint density at radius 3 is 2.88 bits per heavy atom. The number of rotatable bonds is 4. The molecule has 8 heteroatoms. The summed E-state index contributed by atoms with van der Waals surface area (Å²) < 4.78 is 11.8. The van der Waals surface area contributed by atoms with E-state index in [4.69, 9.17) is 15.2 Å². The molecular formula is C9H12N6O2. The quantitative estimate of drug-likeness (QED) is 0.804. The summed E-state index contributed by atoms with van der Waals surface area (Å²) in [5.41, 5.74) is 5.62. The summed E-state index contributed by atoms with van der Waals surface area (Å²) in [5.74, 6) is 1.03. The second kappa shape index (κ2) is 4.74. The number of anilines is 1. The molecule has 0 aliphatic heterocycles. The minimum atomic E-state index is 0.203. The third kappa shape index (κ3) is 2.88. The maximum absolute atomic E-state index is 5.62. The molecular weight excluding hydrogens is 224 g/mol. The molecule has 0 saturated carbocycles. The third-order valence-electron chi connectivity index (χ3n) is 1.82. The SMILES string of the molecule is COCc1nc(N)cc(Oc2ncn(C)n2)n1. The van der Waals surface area contributed by atoms with Crippen LogP contribution in [0.2, 0.25) is 0 Å². The first-order valence-electron chi connectivity index (χ1n) is 4.83. The molecule has 0 amide bonds. The highest BCUT2D eigenvalue weighted by molar-refractivity contribution is 5.33. The number of nitrogens with zero attached hydrogens (tertiary/aromatic N) is 5. The molecule has 0 bridgehead atoms. The van der Waals surface area contributed by atoms with Crippen LogP contribution in [0.3, 0.4) is 0 Å². The lowest BCUT2D eigenvalue weighted by atomic mass is 10.5. The highest BCUT2D eigenvalue weighted by atomic mass is 16.5. The fraction of sp³-hybridized carbons (Fsp3) is 0.333. The maximum Gasteiger partial charge on any atom is 0.342 e. The summed E-state index contributed by atoms with van der Waals surface area (Å²) in [6, 6.07) is 1.70. The Hall–Kier alpha value is -2.22. The van der Waals surface area contributed by atoms with Crippen LogP contribution in [-0.4, -0.2) is 31.8 Å². The van der Waals surface area contributed by atoms with E-state index in [-0.39, 0.29) is 18.5 Å². The van der Waals surface area contributed by atoms with Crippen LogP contribution in [0.15, 0.2) is 12.4 Å². The summed E-state index contributed by atoms with van der Waals surface area (Å²) in [4.78, 5) is 12.0. The van der Waals surface area contributed by atoms with Gasteiger partial charge in [-0.2, -0.15) is 9.97 Å². The topological polar surface area (TPSA) is 101 Å². The van der Waals surface area contributed by atoms with Crippen molar-refractivity contribution in [2.45, 2.75) is 6.61 Å². The second-order valence-electron chi connectivity index (χ2n) is 3.28. The molecule has 0 aliphatic carbocycles. The van der Waals surface area contributed by atoms with E-state index in [1.807, 2.05) is 0 Å². The van der Waals surface area contributed by atoms with E-state index < -0.39 is 0 Å². The minimum Gasteiger partial charge on any atom is -0.404 e. The fourth-order valence-corrected chi connectivity index (χ4v) is 1.20. The fourth-order valence-electron chi connectivity index (χ4n) is 1.20. The lowest BCUT2D eigenvalue weighted by Crippen LogP contribution is -2.03. The van der Waals surface area contributed by atoms with Gasteiger partial charge in [-0.15, -0.1) is 5.10 Å². The molecule has 0 aromatic carbocycles. The Balaban J connectivity index is 2.20. The lowest BCUT2D eigenvalue weighted by molar-refractivity contribution is 0.177. The number of hydrogen-bond acceptors (Lipinski definition) is 7. The zero-order valence-corrected chi connectivity index (χ0v) is 9.49. The number of hydrogen-bond donors (Lipinski definition) is 1. The number of methoxy groups -OCH3 is 1. The van der Waals surface area contributed by atoms with Gasteiger partial charge in [0.05, 0.1) is 0 Å². The molecule has 0 fully saturated rings. The Kier molecular flexibility index (Phi) is 3.15.